The number of carbonyl (C=O) groups is 1. The number of aryl methyl sites for hydroxylation is 1. The molecule has 1 heterocycles. The van der Waals surface area contributed by atoms with E-state index in [4.69, 9.17) is 0 Å². The number of rotatable bonds is 6. The monoisotopic (exact) mass is 289 g/mol. The Morgan fingerprint density at radius 2 is 2.00 bits per heavy atom. The van der Waals surface area contributed by atoms with Crippen LogP contribution in [0.15, 0.2) is 24.3 Å². The summed E-state index contributed by atoms with van der Waals surface area (Å²) in [5.41, 5.74) is 2.45. The van der Waals surface area contributed by atoms with E-state index in [9.17, 15) is 4.79 Å². The standard InChI is InChI=1S/C17H27N3O/c1-5-15-17(21)20(12-8-11-19(3)4)16(18-15)14-10-7-6-9-13(14)2/h6-7,9-10,15-16,18H,5,8,11-12H2,1-4H3. The van der Waals surface area contributed by atoms with Gasteiger partial charge in [-0.2, -0.15) is 0 Å². The van der Waals surface area contributed by atoms with Gasteiger partial charge in [-0.15, -0.1) is 0 Å². The maximum atomic E-state index is 12.6. The number of amides is 1. The molecule has 4 heteroatoms. The predicted molar refractivity (Wildman–Crippen MR) is 86.0 cm³/mol. The van der Waals surface area contributed by atoms with Crippen molar-refractivity contribution in [1.82, 2.24) is 15.1 Å². The lowest BCUT2D eigenvalue weighted by Crippen LogP contribution is -2.33. The van der Waals surface area contributed by atoms with E-state index in [1.165, 1.54) is 11.1 Å². The zero-order valence-electron chi connectivity index (χ0n) is 13.6. The van der Waals surface area contributed by atoms with E-state index in [0.29, 0.717) is 0 Å². The Labute approximate surface area is 128 Å². The van der Waals surface area contributed by atoms with Crippen molar-refractivity contribution in [3.05, 3.63) is 35.4 Å². The van der Waals surface area contributed by atoms with Crippen LogP contribution in [0.1, 0.15) is 37.1 Å². The fourth-order valence-electron chi connectivity index (χ4n) is 2.92. The Morgan fingerprint density at radius 3 is 2.62 bits per heavy atom. The molecule has 2 rings (SSSR count). The van der Waals surface area contributed by atoms with Crippen LogP contribution in [0.5, 0.6) is 0 Å². The molecule has 1 aliphatic heterocycles. The third-order valence-electron chi connectivity index (χ3n) is 4.15. The van der Waals surface area contributed by atoms with Crippen LogP contribution in [0.25, 0.3) is 0 Å². The predicted octanol–water partition coefficient (Wildman–Crippen LogP) is 2.16. The molecule has 0 bridgehead atoms. The molecule has 2 unspecified atom stereocenters. The average Bonchev–Trinajstić information content (AvgIpc) is 2.76. The molecular weight excluding hydrogens is 262 g/mol. The highest BCUT2D eigenvalue weighted by Gasteiger charge is 2.38. The molecule has 1 N–H and O–H groups in total. The highest BCUT2D eigenvalue weighted by atomic mass is 16.2. The van der Waals surface area contributed by atoms with E-state index in [1.807, 2.05) is 17.0 Å². The van der Waals surface area contributed by atoms with Gasteiger partial charge < -0.3 is 9.80 Å². The molecule has 1 saturated heterocycles. The van der Waals surface area contributed by atoms with Gasteiger partial charge in [-0.1, -0.05) is 31.2 Å². The van der Waals surface area contributed by atoms with Gasteiger partial charge in [-0.25, -0.2) is 0 Å². The van der Waals surface area contributed by atoms with E-state index >= 15 is 0 Å². The maximum Gasteiger partial charge on any atom is 0.241 e. The Morgan fingerprint density at radius 1 is 1.29 bits per heavy atom. The van der Waals surface area contributed by atoms with Crippen LogP contribution >= 0.6 is 0 Å². The van der Waals surface area contributed by atoms with Crippen molar-refractivity contribution in [2.45, 2.75) is 38.9 Å². The highest BCUT2D eigenvalue weighted by molar-refractivity contribution is 5.84. The van der Waals surface area contributed by atoms with Crippen LogP contribution in [0.2, 0.25) is 0 Å². The molecule has 0 spiro atoms. The zero-order chi connectivity index (χ0) is 15.4. The second-order valence-corrected chi connectivity index (χ2v) is 6.08. The first-order chi connectivity index (χ1) is 10.0. The summed E-state index contributed by atoms with van der Waals surface area (Å²) in [4.78, 5) is 16.7. The van der Waals surface area contributed by atoms with Gasteiger partial charge >= 0.3 is 0 Å². The van der Waals surface area contributed by atoms with Crippen LogP contribution in [0, 0.1) is 6.92 Å². The number of benzene rings is 1. The molecule has 0 aliphatic carbocycles. The van der Waals surface area contributed by atoms with Crippen molar-refractivity contribution in [2.24, 2.45) is 0 Å². The zero-order valence-corrected chi connectivity index (χ0v) is 13.6. The van der Waals surface area contributed by atoms with Gasteiger partial charge in [0.15, 0.2) is 0 Å². The Balaban J connectivity index is 2.16. The van der Waals surface area contributed by atoms with Crippen molar-refractivity contribution in [1.29, 1.82) is 0 Å². The molecule has 0 saturated carbocycles. The molecule has 1 aromatic carbocycles. The second-order valence-electron chi connectivity index (χ2n) is 6.08. The lowest BCUT2D eigenvalue weighted by Gasteiger charge is -2.26. The van der Waals surface area contributed by atoms with Crippen molar-refractivity contribution in [2.75, 3.05) is 27.2 Å². The third-order valence-corrected chi connectivity index (χ3v) is 4.15. The third kappa shape index (κ3) is 3.63. The van der Waals surface area contributed by atoms with Gasteiger partial charge in [-0.3, -0.25) is 10.1 Å². The minimum Gasteiger partial charge on any atom is -0.321 e. The summed E-state index contributed by atoms with van der Waals surface area (Å²) in [5, 5.41) is 3.50. The first kappa shape index (κ1) is 16.0. The molecule has 0 aromatic heterocycles. The fourth-order valence-corrected chi connectivity index (χ4v) is 2.92. The van der Waals surface area contributed by atoms with Gasteiger partial charge in [0.05, 0.1) is 6.04 Å². The summed E-state index contributed by atoms with van der Waals surface area (Å²) >= 11 is 0. The van der Waals surface area contributed by atoms with Gasteiger partial charge in [0.25, 0.3) is 0 Å². The largest absolute Gasteiger partial charge is 0.321 e. The van der Waals surface area contributed by atoms with Crippen LogP contribution < -0.4 is 5.32 Å². The lowest BCUT2D eigenvalue weighted by molar-refractivity contribution is -0.130. The number of nitrogens with one attached hydrogen (secondary N) is 1. The molecule has 1 aromatic rings. The molecule has 2 atom stereocenters. The maximum absolute atomic E-state index is 12.6. The first-order valence-corrected chi connectivity index (χ1v) is 7.81. The van der Waals surface area contributed by atoms with Crippen molar-refractivity contribution in [3.8, 4) is 0 Å². The molecule has 116 valence electrons. The van der Waals surface area contributed by atoms with Crippen molar-refractivity contribution < 1.29 is 4.79 Å². The molecule has 1 amide bonds. The van der Waals surface area contributed by atoms with Crippen molar-refractivity contribution >= 4 is 5.91 Å². The van der Waals surface area contributed by atoms with E-state index in [1.54, 1.807) is 0 Å². The average molecular weight is 289 g/mol. The van der Waals surface area contributed by atoms with E-state index in [0.717, 1.165) is 25.9 Å². The molecular formula is C17H27N3O. The van der Waals surface area contributed by atoms with Gasteiger partial charge in [-0.05, 0) is 51.5 Å². The van der Waals surface area contributed by atoms with Crippen LogP contribution in [0.4, 0.5) is 0 Å². The summed E-state index contributed by atoms with van der Waals surface area (Å²) in [6.45, 7) is 5.98. The fraction of sp³-hybridized carbons (Fsp3) is 0.588. The molecule has 4 nitrogen and oxygen atoms in total. The van der Waals surface area contributed by atoms with Gasteiger partial charge in [0, 0.05) is 6.54 Å². The summed E-state index contributed by atoms with van der Waals surface area (Å²) in [6.07, 6.45) is 1.86. The molecule has 0 radical (unpaired) electrons. The first-order valence-electron chi connectivity index (χ1n) is 7.81. The van der Waals surface area contributed by atoms with E-state index < -0.39 is 0 Å². The molecule has 21 heavy (non-hydrogen) atoms. The minimum atomic E-state index is -0.0473. The van der Waals surface area contributed by atoms with Crippen LogP contribution in [-0.4, -0.2) is 48.9 Å². The van der Waals surface area contributed by atoms with Crippen molar-refractivity contribution in [3.63, 3.8) is 0 Å². The smallest absolute Gasteiger partial charge is 0.241 e. The van der Waals surface area contributed by atoms with Crippen LogP contribution in [-0.2, 0) is 4.79 Å². The Hall–Kier alpha value is -1.39. The summed E-state index contributed by atoms with van der Waals surface area (Å²) in [5.74, 6) is 0.240. The van der Waals surface area contributed by atoms with E-state index in [-0.39, 0.29) is 18.1 Å². The summed E-state index contributed by atoms with van der Waals surface area (Å²) < 4.78 is 0. The number of hydrogen-bond donors (Lipinski definition) is 1. The Bertz CT molecular complexity index is 487. The van der Waals surface area contributed by atoms with Crippen LogP contribution in [0.3, 0.4) is 0 Å². The summed E-state index contributed by atoms with van der Waals surface area (Å²) in [7, 11) is 4.13. The number of hydrogen-bond acceptors (Lipinski definition) is 3. The van der Waals surface area contributed by atoms with Gasteiger partial charge in [0.1, 0.15) is 6.17 Å². The molecule has 1 aliphatic rings. The normalized spacial score (nSPS) is 22.3. The quantitative estimate of drug-likeness (QED) is 0.871. The molecule has 1 fully saturated rings. The lowest BCUT2D eigenvalue weighted by atomic mass is 10.1. The highest BCUT2D eigenvalue weighted by Crippen LogP contribution is 2.28. The SMILES string of the molecule is CCC1NC(c2ccccc2C)N(CCCN(C)C)C1=O. The van der Waals surface area contributed by atoms with Gasteiger partial charge in [0.2, 0.25) is 5.91 Å². The number of carbonyl (C=O) groups excluding carboxylic acids is 1. The topological polar surface area (TPSA) is 35.6 Å². The second kappa shape index (κ2) is 7.05. The Kier molecular flexibility index (Phi) is 5.37. The van der Waals surface area contributed by atoms with E-state index in [2.05, 4.69) is 50.3 Å². The number of nitrogens with zero attached hydrogens (tertiary/aromatic N) is 2. The minimum absolute atomic E-state index is 0.0193. The summed E-state index contributed by atoms with van der Waals surface area (Å²) in [6, 6.07) is 8.28.